The zero-order valence-electron chi connectivity index (χ0n) is 23.9. The number of hydrogen-bond acceptors (Lipinski definition) is 9. The first-order valence-electron chi connectivity index (χ1n) is 13.8. The Morgan fingerprint density at radius 1 is 1.00 bits per heavy atom. The number of ketones is 1. The van der Waals surface area contributed by atoms with Gasteiger partial charge < -0.3 is 14.6 Å². The van der Waals surface area contributed by atoms with E-state index in [1.54, 1.807) is 30.3 Å². The number of carbonyl (C=O) groups is 2. The number of aromatic nitrogens is 2. The molecule has 0 spiro atoms. The average molecular weight is 636 g/mol. The van der Waals surface area contributed by atoms with Gasteiger partial charge in [0.15, 0.2) is 15.8 Å². The van der Waals surface area contributed by atoms with Crippen molar-refractivity contribution in [2.45, 2.75) is 43.3 Å². The third-order valence-electron chi connectivity index (χ3n) is 6.69. The van der Waals surface area contributed by atoms with Gasteiger partial charge in [-0.3, -0.25) is 14.5 Å². The number of anilines is 1. The van der Waals surface area contributed by atoms with Gasteiger partial charge in [-0.25, -0.2) is 0 Å². The SMILES string of the molecule is CCCOc1ccc(C2C(=C(O)c3ccc(C)cc3)C(=O)C(=O)N2c2nnc(SCc3ccc(Cl)cc3)s2)cc1OCC. The summed E-state index contributed by atoms with van der Waals surface area (Å²) in [5.41, 5.74) is 3.00. The summed E-state index contributed by atoms with van der Waals surface area (Å²) in [7, 11) is 0. The van der Waals surface area contributed by atoms with Gasteiger partial charge in [-0.05, 0) is 55.7 Å². The molecule has 1 aromatic heterocycles. The Balaban J connectivity index is 1.57. The highest BCUT2D eigenvalue weighted by molar-refractivity contribution is 8.00. The van der Waals surface area contributed by atoms with E-state index in [1.165, 1.54) is 28.0 Å². The van der Waals surface area contributed by atoms with E-state index in [-0.39, 0.29) is 16.5 Å². The predicted molar refractivity (Wildman–Crippen MR) is 170 cm³/mol. The molecule has 1 atom stereocenters. The standard InChI is InChI=1S/C32H30ClN3O5S2/c1-4-16-41-24-15-12-22(17-25(24)40-5-2)27-26(28(37)21-10-6-19(3)7-11-21)29(38)30(39)36(27)31-34-35-32(43-31)42-18-20-8-13-23(33)14-9-20/h6-15,17,27,37H,4-5,16,18H2,1-3H3. The monoisotopic (exact) mass is 635 g/mol. The molecular formula is C32H30ClN3O5S2. The molecule has 43 heavy (non-hydrogen) atoms. The summed E-state index contributed by atoms with van der Waals surface area (Å²) < 4.78 is 12.4. The Kier molecular flexibility index (Phi) is 9.69. The number of halogens is 1. The number of Topliss-reactive ketones (excluding diaryl/α,β-unsaturated/α-hetero) is 1. The molecule has 4 aromatic rings. The van der Waals surface area contributed by atoms with Crippen molar-refractivity contribution in [2.75, 3.05) is 18.1 Å². The molecule has 11 heteroatoms. The maximum absolute atomic E-state index is 13.6. The lowest BCUT2D eigenvalue weighted by atomic mass is 9.95. The number of hydrogen-bond donors (Lipinski definition) is 1. The number of aryl methyl sites for hydroxylation is 1. The highest BCUT2D eigenvalue weighted by Crippen LogP contribution is 2.45. The number of benzene rings is 3. The van der Waals surface area contributed by atoms with Crippen LogP contribution >= 0.6 is 34.7 Å². The van der Waals surface area contributed by atoms with Crippen LogP contribution < -0.4 is 14.4 Å². The van der Waals surface area contributed by atoms with Gasteiger partial charge in [0.25, 0.3) is 5.78 Å². The Morgan fingerprint density at radius 2 is 1.74 bits per heavy atom. The Morgan fingerprint density at radius 3 is 2.44 bits per heavy atom. The van der Waals surface area contributed by atoms with Crippen LogP contribution in [0.1, 0.15) is 48.6 Å². The molecule has 2 heterocycles. The first-order chi connectivity index (χ1) is 20.8. The summed E-state index contributed by atoms with van der Waals surface area (Å²) in [6.45, 7) is 6.70. The van der Waals surface area contributed by atoms with Gasteiger partial charge in [0, 0.05) is 16.3 Å². The van der Waals surface area contributed by atoms with Crippen LogP contribution in [0.4, 0.5) is 5.13 Å². The van der Waals surface area contributed by atoms with Gasteiger partial charge >= 0.3 is 5.91 Å². The van der Waals surface area contributed by atoms with Crippen LogP contribution in [-0.2, 0) is 15.3 Å². The van der Waals surface area contributed by atoms with Gasteiger partial charge in [-0.15, -0.1) is 10.2 Å². The van der Waals surface area contributed by atoms with Gasteiger partial charge in [-0.2, -0.15) is 0 Å². The van der Waals surface area contributed by atoms with Crippen LogP contribution in [0.15, 0.2) is 76.6 Å². The molecule has 1 fully saturated rings. The van der Waals surface area contributed by atoms with E-state index in [1.807, 2.05) is 57.2 Å². The second-order valence-electron chi connectivity index (χ2n) is 9.79. The van der Waals surface area contributed by atoms with Crippen molar-refractivity contribution >= 4 is 57.3 Å². The fraction of sp³-hybridized carbons (Fsp3) is 0.250. The Bertz CT molecular complexity index is 1650. The highest BCUT2D eigenvalue weighted by atomic mass is 35.5. The number of rotatable bonds is 11. The minimum Gasteiger partial charge on any atom is -0.507 e. The number of aliphatic hydroxyl groups is 1. The largest absolute Gasteiger partial charge is 0.507 e. The molecule has 0 saturated carbocycles. The van der Waals surface area contributed by atoms with E-state index in [2.05, 4.69) is 10.2 Å². The third kappa shape index (κ3) is 6.71. The van der Waals surface area contributed by atoms with E-state index in [9.17, 15) is 14.7 Å². The lowest BCUT2D eigenvalue weighted by molar-refractivity contribution is -0.132. The quantitative estimate of drug-likeness (QED) is 0.0591. The fourth-order valence-electron chi connectivity index (χ4n) is 4.59. The van der Waals surface area contributed by atoms with Gasteiger partial charge in [-0.1, -0.05) is 89.7 Å². The Labute approximate surface area is 263 Å². The molecule has 1 saturated heterocycles. The van der Waals surface area contributed by atoms with Crippen molar-refractivity contribution in [1.82, 2.24) is 10.2 Å². The molecule has 1 unspecified atom stereocenters. The molecule has 8 nitrogen and oxygen atoms in total. The summed E-state index contributed by atoms with van der Waals surface area (Å²) in [5.74, 6) is -0.216. The number of nitrogens with zero attached hydrogens (tertiary/aromatic N) is 3. The van der Waals surface area contributed by atoms with E-state index < -0.39 is 17.7 Å². The predicted octanol–water partition coefficient (Wildman–Crippen LogP) is 7.61. The highest BCUT2D eigenvalue weighted by Gasteiger charge is 2.48. The maximum atomic E-state index is 13.6. The molecular weight excluding hydrogens is 606 g/mol. The van der Waals surface area contributed by atoms with Crippen LogP contribution in [0.3, 0.4) is 0 Å². The molecule has 1 N–H and O–H groups in total. The molecule has 1 aliphatic rings. The van der Waals surface area contributed by atoms with Crippen molar-refractivity contribution in [3.8, 4) is 11.5 Å². The zero-order valence-corrected chi connectivity index (χ0v) is 26.3. The number of carbonyl (C=O) groups excluding carboxylic acids is 2. The summed E-state index contributed by atoms with van der Waals surface area (Å²) in [4.78, 5) is 28.5. The lowest BCUT2D eigenvalue weighted by Crippen LogP contribution is -2.29. The molecule has 0 radical (unpaired) electrons. The second kappa shape index (κ2) is 13.6. The molecule has 1 amide bonds. The number of amides is 1. The van der Waals surface area contributed by atoms with Crippen LogP contribution in [0.25, 0.3) is 5.76 Å². The average Bonchev–Trinajstić information content (AvgIpc) is 3.58. The molecule has 0 bridgehead atoms. The minimum absolute atomic E-state index is 0.0379. The number of thioether (sulfide) groups is 1. The van der Waals surface area contributed by atoms with Crippen molar-refractivity contribution in [1.29, 1.82) is 0 Å². The maximum Gasteiger partial charge on any atom is 0.301 e. The molecule has 5 rings (SSSR count). The normalized spacial score (nSPS) is 16.1. The fourth-order valence-corrected chi connectivity index (χ4v) is 6.54. The first-order valence-corrected chi connectivity index (χ1v) is 16.0. The lowest BCUT2D eigenvalue weighted by Gasteiger charge is -2.23. The molecule has 0 aliphatic carbocycles. The van der Waals surface area contributed by atoms with Crippen LogP contribution in [-0.4, -0.2) is 40.2 Å². The second-order valence-corrected chi connectivity index (χ2v) is 12.4. The van der Waals surface area contributed by atoms with Crippen LogP contribution in [0.5, 0.6) is 11.5 Å². The summed E-state index contributed by atoms with van der Waals surface area (Å²) >= 11 is 8.67. The van der Waals surface area contributed by atoms with E-state index >= 15 is 0 Å². The van der Waals surface area contributed by atoms with Gasteiger partial charge in [0.1, 0.15) is 5.76 Å². The molecule has 222 valence electrons. The summed E-state index contributed by atoms with van der Waals surface area (Å²) in [5, 5.41) is 20.9. The zero-order chi connectivity index (χ0) is 30.5. The summed E-state index contributed by atoms with van der Waals surface area (Å²) in [6.07, 6.45) is 0.819. The van der Waals surface area contributed by atoms with E-state index in [4.69, 9.17) is 21.1 Å². The number of ether oxygens (including phenoxy) is 2. The van der Waals surface area contributed by atoms with Crippen molar-refractivity contribution in [2.24, 2.45) is 0 Å². The minimum atomic E-state index is -0.970. The molecule has 1 aliphatic heterocycles. The van der Waals surface area contributed by atoms with Crippen LogP contribution in [0, 0.1) is 6.92 Å². The van der Waals surface area contributed by atoms with E-state index in [0.29, 0.717) is 51.0 Å². The smallest absolute Gasteiger partial charge is 0.301 e. The number of aliphatic hydroxyl groups excluding tert-OH is 1. The van der Waals surface area contributed by atoms with Crippen molar-refractivity contribution in [3.05, 3.63) is 99.6 Å². The van der Waals surface area contributed by atoms with Crippen LogP contribution in [0.2, 0.25) is 5.02 Å². The summed E-state index contributed by atoms with van der Waals surface area (Å²) in [6, 6.07) is 18.9. The van der Waals surface area contributed by atoms with Gasteiger partial charge in [0.2, 0.25) is 5.13 Å². The molecule has 3 aromatic carbocycles. The topological polar surface area (TPSA) is 102 Å². The first kappa shape index (κ1) is 30.6. The third-order valence-corrected chi connectivity index (χ3v) is 9.07. The van der Waals surface area contributed by atoms with Crippen molar-refractivity contribution < 1.29 is 24.2 Å². The van der Waals surface area contributed by atoms with E-state index in [0.717, 1.165) is 17.5 Å². The Hall–Kier alpha value is -3.86. The van der Waals surface area contributed by atoms with Crippen molar-refractivity contribution in [3.63, 3.8) is 0 Å². The van der Waals surface area contributed by atoms with Gasteiger partial charge in [0.05, 0.1) is 24.8 Å².